The molecule has 2 aromatic carbocycles. The van der Waals surface area contributed by atoms with Gasteiger partial charge < -0.3 is 19.7 Å². The Labute approximate surface area is 178 Å². The third kappa shape index (κ3) is 4.87. The molecule has 6 heteroatoms. The molecule has 0 spiro atoms. The number of amides is 2. The van der Waals surface area contributed by atoms with Crippen LogP contribution >= 0.6 is 0 Å². The number of hydrogen-bond donors (Lipinski definition) is 1. The van der Waals surface area contributed by atoms with E-state index in [-0.39, 0.29) is 6.03 Å². The first-order valence-electron chi connectivity index (χ1n) is 10.9. The van der Waals surface area contributed by atoms with E-state index in [1.54, 1.807) is 0 Å². The molecule has 1 saturated heterocycles. The number of nitrogens with zero attached hydrogens (tertiary/aromatic N) is 2. The van der Waals surface area contributed by atoms with Crippen LogP contribution in [0.1, 0.15) is 36.5 Å². The number of carbonyl (C=O) groups excluding carboxylic acids is 1. The van der Waals surface area contributed by atoms with E-state index in [0.29, 0.717) is 6.79 Å². The van der Waals surface area contributed by atoms with Crippen molar-refractivity contribution in [2.45, 2.75) is 39.7 Å². The summed E-state index contributed by atoms with van der Waals surface area (Å²) in [6.07, 6.45) is 3.48. The predicted octanol–water partition coefficient (Wildman–Crippen LogP) is 4.42. The van der Waals surface area contributed by atoms with E-state index in [1.807, 2.05) is 23.1 Å². The number of rotatable bonds is 6. The van der Waals surface area contributed by atoms with Crippen LogP contribution in [-0.2, 0) is 13.0 Å². The zero-order valence-corrected chi connectivity index (χ0v) is 17.9. The first kappa shape index (κ1) is 20.5. The second kappa shape index (κ2) is 9.39. The number of unbranched alkanes of at least 4 members (excludes halogenated alkanes) is 1. The molecule has 1 fully saturated rings. The van der Waals surface area contributed by atoms with Gasteiger partial charge in [0.1, 0.15) is 0 Å². The fourth-order valence-electron chi connectivity index (χ4n) is 4.00. The molecule has 2 aliphatic heterocycles. The Balaban J connectivity index is 1.27. The Hall–Kier alpha value is -2.73. The molecule has 0 bridgehead atoms. The first-order chi connectivity index (χ1) is 14.6. The lowest BCUT2D eigenvalue weighted by molar-refractivity contribution is 0.143. The standard InChI is InChI=1S/C24H31N3O3/c1-3-4-5-19-6-8-21(18(2)14-19)25-24(28)27-12-10-26(11-13-27)16-20-7-9-22-23(15-20)30-17-29-22/h6-9,14-15H,3-5,10-13,16-17H2,1-2H3,(H,25,28). The molecule has 0 atom stereocenters. The number of aryl methyl sites for hydroxylation is 2. The summed E-state index contributed by atoms with van der Waals surface area (Å²) in [6, 6.07) is 12.4. The van der Waals surface area contributed by atoms with Crippen LogP contribution in [0.25, 0.3) is 0 Å². The molecule has 4 rings (SSSR count). The fourth-order valence-corrected chi connectivity index (χ4v) is 4.00. The zero-order chi connectivity index (χ0) is 20.9. The van der Waals surface area contributed by atoms with Crippen molar-refractivity contribution in [2.75, 3.05) is 38.3 Å². The lowest BCUT2D eigenvalue weighted by Crippen LogP contribution is -2.49. The van der Waals surface area contributed by atoms with Gasteiger partial charge in [0.05, 0.1) is 0 Å². The molecule has 6 nitrogen and oxygen atoms in total. The van der Waals surface area contributed by atoms with Crippen molar-refractivity contribution in [1.82, 2.24) is 9.80 Å². The average molecular weight is 410 g/mol. The lowest BCUT2D eigenvalue weighted by Gasteiger charge is -2.34. The topological polar surface area (TPSA) is 54.0 Å². The quantitative estimate of drug-likeness (QED) is 0.768. The van der Waals surface area contributed by atoms with Gasteiger partial charge in [-0.2, -0.15) is 0 Å². The summed E-state index contributed by atoms with van der Waals surface area (Å²) in [5.74, 6) is 1.63. The number of nitrogens with one attached hydrogen (secondary N) is 1. The Morgan fingerprint density at radius 1 is 1.00 bits per heavy atom. The van der Waals surface area contributed by atoms with Crippen LogP contribution in [-0.4, -0.2) is 48.8 Å². The largest absolute Gasteiger partial charge is 0.454 e. The first-order valence-corrected chi connectivity index (χ1v) is 10.9. The van der Waals surface area contributed by atoms with E-state index in [2.05, 4.69) is 42.3 Å². The van der Waals surface area contributed by atoms with Gasteiger partial charge >= 0.3 is 6.03 Å². The summed E-state index contributed by atoms with van der Waals surface area (Å²) in [5, 5.41) is 3.09. The van der Waals surface area contributed by atoms with Gasteiger partial charge in [-0.05, 0) is 54.7 Å². The Morgan fingerprint density at radius 3 is 2.53 bits per heavy atom. The molecule has 0 unspecified atom stereocenters. The predicted molar refractivity (Wildman–Crippen MR) is 118 cm³/mol. The van der Waals surface area contributed by atoms with Crippen LogP contribution in [0.3, 0.4) is 0 Å². The summed E-state index contributed by atoms with van der Waals surface area (Å²) < 4.78 is 10.8. The third-order valence-electron chi connectivity index (χ3n) is 5.85. The molecule has 160 valence electrons. The van der Waals surface area contributed by atoms with Gasteiger partial charge in [-0.15, -0.1) is 0 Å². The smallest absolute Gasteiger partial charge is 0.321 e. The maximum Gasteiger partial charge on any atom is 0.321 e. The third-order valence-corrected chi connectivity index (χ3v) is 5.85. The molecule has 2 aliphatic rings. The monoisotopic (exact) mass is 409 g/mol. The summed E-state index contributed by atoms with van der Waals surface area (Å²) in [7, 11) is 0. The molecule has 0 aliphatic carbocycles. The number of anilines is 1. The lowest BCUT2D eigenvalue weighted by atomic mass is 10.0. The number of urea groups is 1. The van der Waals surface area contributed by atoms with Crippen LogP contribution in [0.15, 0.2) is 36.4 Å². The van der Waals surface area contributed by atoms with Gasteiger partial charge in [0.25, 0.3) is 0 Å². The number of carbonyl (C=O) groups is 1. The maximum absolute atomic E-state index is 12.7. The highest BCUT2D eigenvalue weighted by molar-refractivity contribution is 5.90. The molecular weight excluding hydrogens is 378 g/mol. The normalized spacial score (nSPS) is 16.0. The minimum absolute atomic E-state index is 0.0119. The highest BCUT2D eigenvalue weighted by atomic mass is 16.7. The zero-order valence-electron chi connectivity index (χ0n) is 17.9. The SMILES string of the molecule is CCCCc1ccc(NC(=O)N2CCN(Cc3ccc4c(c3)OCO4)CC2)c(C)c1. The van der Waals surface area contributed by atoms with Crippen LogP contribution in [0.4, 0.5) is 10.5 Å². The number of piperazine rings is 1. The molecule has 1 N–H and O–H groups in total. The van der Waals surface area contributed by atoms with Crippen molar-refractivity contribution < 1.29 is 14.3 Å². The molecule has 0 saturated carbocycles. The fraction of sp³-hybridized carbons (Fsp3) is 0.458. The number of benzene rings is 2. The van der Waals surface area contributed by atoms with Crippen molar-refractivity contribution in [1.29, 1.82) is 0 Å². The summed E-state index contributed by atoms with van der Waals surface area (Å²) in [5.41, 5.74) is 4.57. The van der Waals surface area contributed by atoms with E-state index in [1.165, 1.54) is 24.0 Å². The molecule has 2 amide bonds. The van der Waals surface area contributed by atoms with Gasteiger partial charge in [-0.1, -0.05) is 31.5 Å². The van der Waals surface area contributed by atoms with E-state index in [4.69, 9.17) is 9.47 Å². The van der Waals surface area contributed by atoms with Crippen molar-refractivity contribution in [3.05, 3.63) is 53.1 Å². The van der Waals surface area contributed by atoms with Crippen LogP contribution < -0.4 is 14.8 Å². The van der Waals surface area contributed by atoms with Gasteiger partial charge in [-0.25, -0.2) is 4.79 Å². The molecular formula is C24H31N3O3. The Bertz CT molecular complexity index is 891. The van der Waals surface area contributed by atoms with Crippen LogP contribution in [0.5, 0.6) is 11.5 Å². The van der Waals surface area contributed by atoms with Crippen molar-refractivity contribution >= 4 is 11.7 Å². The minimum Gasteiger partial charge on any atom is -0.454 e. The number of ether oxygens (including phenoxy) is 2. The minimum atomic E-state index is -0.0119. The van der Waals surface area contributed by atoms with Crippen molar-refractivity contribution in [3.63, 3.8) is 0 Å². The van der Waals surface area contributed by atoms with Crippen LogP contribution in [0.2, 0.25) is 0 Å². The number of hydrogen-bond acceptors (Lipinski definition) is 4. The van der Waals surface area contributed by atoms with Crippen LogP contribution in [0, 0.1) is 6.92 Å². The molecule has 30 heavy (non-hydrogen) atoms. The van der Waals surface area contributed by atoms with Gasteiger partial charge in [0, 0.05) is 38.4 Å². The van der Waals surface area contributed by atoms with E-state index < -0.39 is 0 Å². The average Bonchev–Trinajstić information content (AvgIpc) is 3.22. The highest BCUT2D eigenvalue weighted by Crippen LogP contribution is 2.32. The molecule has 2 aromatic rings. The molecule has 2 heterocycles. The number of fused-ring (bicyclic) bond motifs is 1. The van der Waals surface area contributed by atoms with E-state index >= 15 is 0 Å². The Kier molecular flexibility index (Phi) is 6.43. The second-order valence-electron chi connectivity index (χ2n) is 8.13. The van der Waals surface area contributed by atoms with Crippen molar-refractivity contribution in [3.8, 4) is 11.5 Å². The summed E-state index contributed by atoms with van der Waals surface area (Å²) in [6.45, 7) is 8.59. The second-order valence-corrected chi connectivity index (χ2v) is 8.13. The highest BCUT2D eigenvalue weighted by Gasteiger charge is 2.22. The molecule has 0 aromatic heterocycles. The summed E-state index contributed by atoms with van der Waals surface area (Å²) in [4.78, 5) is 17.0. The van der Waals surface area contributed by atoms with E-state index in [0.717, 1.165) is 61.9 Å². The van der Waals surface area contributed by atoms with Gasteiger partial charge in [-0.3, -0.25) is 4.90 Å². The maximum atomic E-state index is 12.7. The Morgan fingerprint density at radius 2 is 1.77 bits per heavy atom. The van der Waals surface area contributed by atoms with Gasteiger partial charge in [0.15, 0.2) is 11.5 Å². The van der Waals surface area contributed by atoms with Crippen molar-refractivity contribution in [2.24, 2.45) is 0 Å². The summed E-state index contributed by atoms with van der Waals surface area (Å²) >= 11 is 0. The van der Waals surface area contributed by atoms with E-state index in [9.17, 15) is 4.79 Å². The molecule has 0 radical (unpaired) electrons. The van der Waals surface area contributed by atoms with Gasteiger partial charge in [0.2, 0.25) is 6.79 Å².